The fraction of sp³-hybridized carbons (Fsp3) is 0.182. The van der Waals surface area contributed by atoms with Gasteiger partial charge in [0.15, 0.2) is 11.5 Å². The first-order chi connectivity index (χ1) is 8.81. The normalized spacial score (nSPS) is 12.4. The highest BCUT2D eigenvalue weighted by Gasteiger charge is 2.12. The number of aromatic amines is 1. The largest absolute Gasteiger partial charge is 0.454 e. The minimum atomic E-state index is -0.293. The number of ether oxygens (including phenoxy) is 2. The zero-order chi connectivity index (χ0) is 12.4. The third-order valence-electron chi connectivity index (χ3n) is 2.47. The van der Waals surface area contributed by atoms with E-state index in [9.17, 15) is 4.79 Å². The number of benzene rings is 1. The van der Waals surface area contributed by atoms with E-state index in [1.165, 1.54) is 0 Å². The molecule has 2 heterocycles. The molecule has 0 amide bonds. The van der Waals surface area contributed by atoms with Gasteiger partial charge in [-0.3, -0.25) is 9.78 Å². The van der Waals surface area contributed by atoms with Crippen molar-refractivity contribution in [2.75, 3.05) is 12.1 Å². The lowest BCUT2D eigenvalue weighted by Gasteiger charge is -2.05. The van der Waals surface area contributed by atoms with Gasteiger partial charge in [-0.1, -0.05) is 6.07 Å². The van der Waals surface area contributed by atoms with Crippen molar-refractivity contribution in [2.24, 2.45) is 0 Å². The van der Waals surface area contributed by atoms with Crippen LogP contribution < -0.4 is 20.3 Å². The van der Waals surface area contributed by atoms with Crippen LogP contribution in [-0.4, -0.2) is 22.0 Å². The van der Waals surface area contributed by atoms with Crippen LogP contribution in [0.1, 0.15) is 5.56 Å². The number of hydrogen-bond donors (Lipinski definition) is 2. The minimum Gasteiger partial charge on any atom is -0.454 e. The van der Waals surface area contributed by atoms with E-state index < -0.39 is 0 Å². The molecule has 0 atom stereocenters. The standard InChI is InChI=1S/C11H10N4O3/c16-10-5-13-15-11(14-10)12-4-7-1-2-8-9(3-7)18-6-17-8/h1-3,5H,4,6H2,(H2,12,14,15,16). The highest BCUT2D eigenvalue weighted by Crippen LogP contribution is 2.32. The molecular formula is C11H10N4O3. The van der Waals surface area contributed by atoms with Crippen molar-refractivity contribution in [3.05, 3.63) is 40.3 Å². The van der Waals surface area contributed by atoms with Crippen LogP contribution in [-0.2, 0) is 6.54 Å². The summed E-state index contributed by atoms with van der Waals surface area (Å²) in [4.78, 5) is 13.6. The fourth-order valence-electron chi connectivity index (χ4n) is 1.63. The Balaban J connectivity index is 1.72. The monoisotopic (exact) mass is 246 g/mol. The molecule has 0 saturated heterocycles. The smallest absolute Gasteiger partial charge is 0.271 e. The molecule has 1 aromatic carbocycles. The third-order valence-corrected chi connectivity index (χ3v) is 2.47. The summed E-state index contributed by atoms with van der Waals surface area (Å²) in [5.74, 6) is 1.80. The molecule has 0 spiro atoms. The van der Waals surface area contributed by atoms with E-state index in [1.807, 2.05) is 18.2 Å². The van der Waals surface area contributed by atoms with Gasteiger partial charge in [0.2, 0.25) is 12.7 Å². The number of H-pyrrole nitrogens is 1. The van der Waals surface area contributed by atoms with Gasteiger partial charge < -0.3 is 14.8 Å². The van der Waals surface area contributed by atoms with Crippen molar-refractivity contribution < 1.29 is 9.47 Å². The Morgan fingerprint density at radius 3 is 3.11 bits per heavy atom. The van der Waals surface area contributed by atoms with E-state index in [4.69, 9.17) is 9.47 Å². The van der Waals surface area contributed by atoms with E-state index in [1.54, 1.807) is 0 Å². The number of aromatic nitrogens is 3. The third kappa shape index (κ3) is 2.10. The first-order valence-electron chi connectivity index (χ1n) is 5.36. The summed E-state index contributed by atoms with van der Waals surface area (Å²) in [6, 6.07) is 5.64. The van der Waals surface area contributed by atoms with Crippen LogP contribution in [0.5, 0.6) is 11.5 Å². The van der Waals surface area contributed by atoms with Gasteiger partial charge in [-0.15, -0.1) is 10.2 Å². The predicted molar refractivity (Wildman–Crippen MR) is 62.5 cm³/mol. The Bertz CT molecular complexity index is 626. The predicted octanol–water partition coefficient (Wildman–Crippen LogP) is 0.506. The van der Waals surface area contributed by atoms with Gasteiger partial charge in [-0.25, -0.2) is 0 Å². The van der Waals surface area contributed by atoms with Crippen molar-refractivity contribution in [2.45, 2.75) is 6.54 Å². The lowest BCUT2D eigenvalue weighted by Crippen LogP contribution is -2.12. The maximum atomic E-state index is 11.0. The number of nitrogens with one attached hydrogen (secondary N) is 2. The summed E-state index contributed by atoms with van der Waals surface area (Å²) in [6.07, 6.45) is 1.12. The van der Waals surface area contributed by atoms with Crippen molar-refractivity contribution in [3.63, 3.8) is 0 Å². The van der Waals surface area contributed by atoms with Gasteiger partial charge in [0.05, 0.1) is 0 Å². The summed E-state index contributed by atoms with van der Waals surface area (Å²) < 4.78 is 10.5. The van der Waals surface area contributed by atoms with Crippen LogP contribution in [0.2, 0.25) is 0 Å². The molecule has 2 N–H and O–H groups in total. The summed E-state index contributed by atoms with van der Waals surface area (Å²) in [6.45, 7) is 0.759. The van der Waals surface area contributed by atoms with Crippen LogP contribution in [0, 0.1) is 0 Å². The SMILES string of the molecule is O=c1cnnc(NCc2ccc3c(c2)OCO3)[nH]1. The van der Waals surface area contributed by atoms with Crippen LogP contribution in [0.3, 0.4) is 0 Å². The summed E-state index contributed by atoms with van der Waals surface area (Å²) >= 11 is 0. The maximum absolute atomic E-state index is 11.0. The second-order valence-electron chi connectivity index (χ2n) is 3.72. The van der Waals surface area contributed by atoms with Crippen LogP contribution in [0.4, 0.5) is 5.95 Å². The Labute approximate surface area is 102 Å². The van der Waals surface area contributed by atoms with Crippen molar-refractivity contribution in [1.82, 2.24) is 15.2 Å². The molecule has 92 valence electrons. The van der Waals surface area contributed by atoms with E-state index in [-0.39, 0.29) is 12.4 Å². The minimum absolute atomic E-state index is 0.254. The quantitative estimate of drug-likeness (QED) is 0.820. The number of anilines is 1. The molecule has 7 nitrogen and oxygen atoms in total. The molecule has 18 heavy (non-hydrogen) atoms. The van der Waals surface area contributed by atoms with E-state index in [2.05, 4.69) is 20.5 Å². The van der Waals surface area contributed by atoms with Crippen molar-refractivity contribution in [3.8, 4) is 11.5 Å². The van der Waals surface area contributed by atoms with Gasteiger partial charge in [-0.05, 0) is 17.7 Å². The van der Waals surface area contributed by atoms with Crippen LogP contribution in [0.15, 0.2) is 29.2 Å². The lowest BCUT2D eigenvalue weighted by molar-refractivity contribution is 0.174. The Morgan fingerprint density at radius 1 is 1.33 bits per heavy atom. The van der Waals surface area contributed by atoms with E-state index >= 15 is 0 Å². The molecule has 2 aromatic rings. The number of rotatable bonds is 3. The molecule has 7 heteroatoms. The Hall–Kier alpha value is -2.57. The number of nitrogens with zero attached hydrogens (tertiary/aromatic N) is 2. The van der Waals surface area contributed by atoms with Crippen LogP contribution in [0.25, 0.3) is 0 Å². The van der Waals surface area contributed by atoms with Gasteiger partial charge in [0, 0.05) is 6.54 Å². The molecular weight excluding hydrogens is 236 g/mol. The molecule has 1 aromatic heterocycles. The van der Waals surface area contributed by atoms with E-state index in [0.717, 1.165) is 23.3 Å². The van der Waals surface area contributed by atoms with Crippen LogP contribution >= 0.6 is 0 Å². The molecule has 0 fully saturated rings. The molecule has 1 aliphatic heterocycles. The number of hydrogen-bond acceptors (Lipinski definition) is 6. The van der Waals surface area contributed by atoms with Gasteiger partial charge in [0.25, 0.3) is 5.56 Å². The molecule has 3 rings (SSSR count). The maximum Gasteiger partial charge on any atom is 0.271 e. The topological polar surface area (TPSA) is 89.1 Å². The Kier molecular flexibility index (Phi) is 2.56. The molecule has 0 unspecified atom stereocenters. The molecule has 0 saturated carbocycles. The highest BCUT2D eigenvalue weighted by atomic mass is 16.7. The second-order valence-corrected chi connectivity index (χ2v) is 3.72. The molecule has 0 bridgehead atoms. The summed E-state index contributed by atoms with van der Waals surface area (Å²) in [5, 5.41) is 10.3. The lowest BCUT2D eigenvalue weighted by atomic mass is 10.2. The fourth-order valence-corrected chi connectivity index (χ4v) is 1.63. The molecule has 0 aliphatic carbocycles. The van der Waals surface area contributed by atoms with Gasteiger partial charge >= 0.3 is 0 Å². The summed E-state index contributed by atoms with van der Waals surface area (Å²) in [5.41, 5.74) is 0.698. The molecule has 1 aliphatic rings. The summed E-state index contributed by atoms with van der Waals surface area (Å²) in [7, 11) is 0. The van der Waals surface area contributed by atoms with Crippen molar-refractivity contribution >= 4 is 5.95 Å². The average molecular weight is 246 g/mol. The second kappa shape index (κ2) is 4.36. The number of fused-ring (bicyclic) bond motifs is 1. The zero-order valence-electron chi connectivity index (χ0n) is 9.34. The molecule has 0 radical (unpaired) electrons. The average Bonchev–Trinajstić information content (AvgIpc) is 2.84. The van der Waals surface area contributed by atoms with E-state index in [0.29, 0.717) is 12.5 Å². The highest BCUT2D eigenvalue weighted by molar-refractivity contribution is 5.45. The first-order valence-corrected chi connectivity index (χ1v) is 5.36. The van der Waals surface area contributed by atoms with Crippen molar-refractivity contribution in [1.29, 1.82) is 0 Å². The Morgan fingerprint density at radius 2 is 2.22 bits per heavy atom. The first kappa shape index (κ1) is 10.6. The van der Waals surface area contributed by atoms with Gasteiger partial charge in [0.1, 0.15) is 6.20 Å². The van der Waals surface area contributed by atoms with Gasteiger partial charge in [-0.2, -0.15) is 0 Å². The zero-order valence-corrected chi connectivity index (χ0v) is 9.34.